The van der Waals surface area contributed by atoms with E-state index in [1.54, 1.807) is 11.3 Å². The van der Waals surface area contributed by atoms with Gasteiger partial charge in [0.25, 0.3) is 0 Å². The molecule has 0 saturated heterocycles. The van der Waals surface area contributed by atoms with E-state index in [0.717, 1.165) is 15.6 Å². The molecule has 1 heterocycles. The van der Waals surface area contributed by atoms with Gasteiger partial charge in [-0.05, 0) is 40.4 Å². The average Bonchev–Trinajstić information content (AvgIpc) is 2.59. The molecule has 1 aromatic heterocycles. The summed E-state index contributed by atoms with van der Waals surface area (Å²) in [6.45, 7) is 1.93. The fraction of sp³-hybridized carbons (Fsp3) is 0.250. The third-order valence-electron chi connectivity index (χ3n) is 2.58. The number of carboxylic acid groups (broad SMARTS) is 1. The molecule has 2 aromatic rings. The van der Waals surface area contributed by atoms with Crippen molar-refractivity contribution in [2.45, 2.75) is 19.3 Å². The number of hydrogen-bond donors (Lipinski definition) is 1. The van der Waals surface area contributed by atoms with E-state index < -0.39 is 5.97 Å². The van der Waals surface area contributed by atoms with Crippen LogP contribution in [0.3, 0.4) is 0 Å². The summed E-state index contributed by atoms with van der Waals surface area (Å²) in [6, 6.07) is 5.73. The molecule has 1 atom stereocenters. The van der Waals surface area contributed by atoms with E-state index in [4.69, 9.17) is 16.7 Å². The first-order valence-electron chi connectivity index (χ1n) is 4.96. The van der Waals surface area contributed by atoms with E-state index in [1.807, 2.05) is 30.5 Å². The maximum Gasteiger partial charge on any atom is 0.303 e. The van der Waals surface area contributed by atoms with Gasteiger partial charge in [0.1, 0.15) is 0 Å². The van der Waals surface area contributed by atoms with Crippen LogP contribution in [0.15, 0.2) is 23.6 Å². The molecule has 0 saturated carbocycles. The lowest BCUT2D eigenvalue weighted by Crippen LogP contribution is -2.02. The average molecular weight is 255 g/mol. The Hall–Kier alpha value is -1.06. The number of carbonyl (C=O) groups is 1. The van der Waals surface area contributed by atoms with Crippen molar-refractivity contribution < 1.29 is 9.90 Å². The van der Waals surface area contributed by atoms with Crippen molar-refractivity contribution in [1.82, 2.24) is 0 Å². The zero-order valence-electron chi connectivity index (χ0n) is 8.74. The lowest BCUT2D eigenvalue weighted by atomic mass is 9.97. The highest BCUT2D eigenvalue weighted by Gasteiger charge is 2.14. The molecule has 0 aliphatic rings. The Balaban J connectivity index is 2.44. The van der Waals surface area contributed by atoms with Crippen LogP contribution in [-0.2, 0) is 4.79 Å². The molecule has 0 aliphatic heterocycles. The van der Waals surface area contributed by atoms with Gasteiger partial charge in [-0.25, -0.2) is 0 Å². The highest BCUT2D eigenvalue weighted by atomic mass is 35.5. The molecule has 0 aliphatic carbocycles. The standard InChI is InChI=1S/C12H11ClO2S/c1-7(4-12(14)15)10-6-16-11-3-2-8(13)5-9(10)11/h2-3,5-7H,4H2,1H3,(H,14,15). The second-order valence-corrected chi connectivity index (χ2v) is 5.18. The molecule has 4 heteroatoms. The third kappa shape index (κ3) is 2.20. The van der Waals surface area contributed by atoms with Crippen LogP contribution in [0.5, 0.6) is 0 Å². The summed E-state index contributed by atoms with van der Waals surface area (Å²) in [5, 5.41) is 12.6. The molecule has 0 fully saturated rings. The molecule has 1 unspecified atom stereocenters. The minimum atomic E-state index is -0.770. The van der Waals surface area contributed by atoms with Gasteiger partial charge in [-0.3, -0.25) is 4.79 Å². The van der Waals surface area contributed by atoms with Gasteiger partial charge in [0.05, 0.1) is 6.42 Å². The minimum absolute atomic E-state index is 0.0183. The van der Waals surface area contributed by atoms with Crippen LogP contribution >= 0.6 is 22.9 Å². The molecule has 0 spiro atoms. The van der Waals surface area contributed by atoms with Gasteiger partial charge >= 0.3 is 5.97 Å². The third-order valence-corrected chi connectivity index (χ3v) is 3.79. The zero-order chi connectivity index (χ0) is 11.7. The normalized spacial score (nSPS) is 12.9. The largest absolute Gasteiger partial charge is 0.481 e. The summed E-state index contributed by atoms with van der Waals surface area (Å²) >= 11 is 7.57. The predicted molar refractivity (Wildman–Crippen MR) is 67.5 cm³/mol. The molecule has 84 valence electrons. The summed E-state index contributed by atoms with van der Waals surface area (Å²) in [7, 11) is 0. The number of carboxylic acids is 1. The number of halogens is 1. The lowest BCUT2D eigenvalue weighted by Gasteiger charge is -2.07. The van der Waals surface area contributed by atoms with E-state index >= 15 is 0 Å². The first-order chi connectivity index (χ1) is 7.58. The summed E-state index contributed by atoms with van der Waals surface area (Å²) in [5.41, 5.74) is 1.07. The second-order valence-electron chi connectivity index (χ2n) is 3.83. The SMILES string of the molecule is CC(CC(=O)O)c1csc2ccc(Cl)cc12. The Morgan fingerprint density at radius 2 is 2.31 bits per heavy atom. The fourth-order valence-electron chi connectivity index (χ4n) is 1.77. The van der Waals surface area contributed by atoms with Crippen LogP contribution in [0.25, 0.3) is 10.1 Å². The first kappa shape index (κ1) is 11.4. The molecule has 0 radical (unpaired) electrons. The number of benzene rings is 1. The lowest BCUT2D eigenvalue weighted by molar-refractivity contribution is -0.137. The number of thiophene rings is 1. The topological polar surface area (TPSA) is 37.3 Å². The van der Waals surface area contributed by atoms with Gasteiger partial charge in [-0.15, -0.1) is 11.3 Å². The summed E-state index contributed by atoms with van der Waals surface area (Å²) in [4.78, 5) is 10.7. The van der Waals surface area contributed by atoms with Crippen LogP contribution in [0, 0.1) is 0 Å². The van der Waals surface area contributed by atoms with Gasteiger partial charge in [0, 0.05) is 9.72 Å². The van der Waals surface area contributed by atoms with Crippen LogP contribution in [-0.4, -0.2) is 11.1 Å². The van der Waals surface area contributed by atoms with E-state index in [1.165, 1.54) is 0 Å². The van der Waals surface area contributed by atoms with E-state index in [9.17, 15) is 4.79 Å². The molecular formula is C12H11ClO2S. The van der Waals surface area contributed by atoms with Crippen LogP contribution in [0.4, 0.5) is 0 Å². The van der Waals surface area contributed by atoms with Crippen molar-refractivity contribution in [3.63, 3.8) is 0 Å². The smallest absolute Gasteiger partial charge is 0.303 e. The molecule has 0 bridgehead atoms. The van der Waals surface area contributed by atoms with E-state index in [0.29, 0.717) is 5.02 Å². The van der Waals surface area contributed by atoms with Crippen LogP contribution < -0.4 is 0 Å². The number of aliphatic carboxylic acids is 1. The van der Waals surface area contributed by atoms with Crippen LogP contribution in [0.1, 0.15) is 24.8 Å². The van der Waals surface area contributed by atoms with Crippen molar-refractivity contribution in [2.75, 3.05) is 0 Å². The highest BCUT2D eigenvalue weighted by molar-refractivity contribution is 7.17. The van der Waals surface area contributed by atoms with Crippen molar-refractivity contribution in [3.05, 3.63) is 34.2 Å². The van der Waals surface area contributed by atoms with Gasteiger partial charge in [-0.2, -0.15) is 0 Å². The van der Waals surface area contributed by atoms with Gasteiger partial charge < -0.3 is 5.11 Å². The number of hydrogen-bond acceptors (Lipinski definition) is 2. The van der Waals surface area contributed by atoms with Crippen molar-refractivity contribution in [1.29, 1.82) is 0 Å². The molecule has 2 rings (SSSR count). The molecule has 16 heavy (non-hydrogen) atoms. The van der Waals surface area contributed by atoms with Crippen molar-refractivity contribution in [3.8, 4) is 0 Å². The van der Waals surface area contributed by atoms with Gasteiger partial charge in [-0.1, -0.05) is 18.5 Å². The second kappa shape index (κ2) is 4.44. The molecule has 1 N–H and O–H groups in total. The summed E-state index contributed by atoms with van der Waals surface area (Å²) in [6.07, 6.45) is 0.151. The number of fused-ring (bicyclic) bond motifs is 1. The Labute approximate surface area is 102 Å². The Kier molecular flexibility index (Phi) is 3.17. The van der Waals surface area contributed by atoms with Gasteiger partial charge in [0.15, 0.2) is 0 Å². The summed E-state index contributed by atoms with van der Waals surface area (Å²) < 4.78 is 1.15. The fourth-order valence-corrected chi connectivity index (χ4v) is 3.01. The quantitative estimate of drug-likeness (QED) is 0.894. The Morgan fingerprint density at radius 3 is 3.00 bits per heavy atom. The first-order valence-corrected chi connectivity index (χ1v) is 6.22. The van der Waals surface area contributed by atoms with E-state index in [2.05, 4.69) is 0 Å². The monoisotopic (exact) mass is 254 g/mol. The molecule has 1 aromatic carbocycles. The van der Waals surface area contributed by atoms with Gasteiger partial charge in [0.2, 0.25) is 0 Å². The zero-order valence-corrected chi connectivity index (χ0v) is 10.3. The molecule has 0 amide bonds. The summed E-state index contributed by atoms with van der Waals surface area (Å²) in [5.74, 6) is -0.751. The van der Waals surface area contributed by atoms with E-state index in [-0.39, 0.29) is 12.3 Å². The minimum Gasteiger partial charge on any atom is -0.481 e. The van der Waals surface area contributed by atoms with Crippen molar-refractivity contribution >= 4 is 39.0 Å². The van der Waals surface area contributed by atoms with Crippen LogP contribution in [0.2, 0.25) is 5.02 Å². The maximum absolute atomic E-state index is 10.7. The maximum atomic E-state index is 10.7. The highest BCUT2D eigenvalue weighted by Crippen LogP contribution is 2.34. The molecule has 2 nitrogen and oxygen atoms in total. The molecular weight excluding hydrogens is 244 g/mol. The predicted octanol–water partition coefficient (Wildman–Crippen LogP) is 4.13. The number of rotatable bonds is 3. The Morgan fingerprint density at radius 1 is 1.56 bits per heavy atom. The Bertz CT molecular complexity index is 533. The van der Waals surface area contributed by atoms with Crippen molar-refractivity contribution in [2.24, 2.45) is 0 Å².